The van der Waals surface area contributed by atoms with E-state index in [1.807, 2.05) is 31.2 Å². The van der Waals surface area contributed by atoms with E-state index in [2.05, 4.69) is 6.92 Å². The molecule has 2 aliphatic heterocycles. The van der Waals surface area contributed by atoms with Gasteiger partial charge >= 0.3 is 0 Å². The average Bonchev–Trinajstić information content (AvgIpc) is 2.75. The molecule has 2 saturated heterocycles. The van der Waals surface area contributed by atoms with Crippen LogP contribution in [0.3, 0.4) is 0 Å². The fraction of sp³-hybridized carbons (Fsp3) is 0.529. The van der Waals surface area contributed by atoms with Gasteiger partial charge in [0.15, 0.2) is 6.04 Å². The van der Waals surface area contributed by atoms with Crippen molar-refractivity contribution < 1.29 is 14.5 Å². The number of aryl methyl sites for hydroxylation is 1. The molecule has 1 N–H and O–H groups in total. The molecule has 3 rings (SSSR count). The van der Waals surface area contributed by atoms with Crippen molar-refractivity contribution in [3.05, 3.63) is 29.8 Å². The zero-order valence-corrected chi connectivity index (χ0v) is 12.8. The zero-order valence-electron chi connectivity index (χ0n) is 12.8. The van der Waals surface area contributed by atoms with E-state index in [-0.39, 0.29) is 17.9 Å². The van der Waals surface area contributed by atoms with Gasteiger partial charge in [0, 0.05) is 5.92 Å². The highest BCUT2D eigenvalue weighted by Gasteiger charge is 2.46. The van der Waals surface area contributed by atoms with Crippen molar-refractivity contribution in [1.82, 2.24) is 0 Å². The number of likely N-dealkylation sites (tertiary alicyclic amines) is 1. The minimum Gasteiger partial charge on any atom is -0.324 e. The summed E-state index contributed by atoms with van der Waals surface area (Å²) in [6, 6.07) is 7.43. The Morgan fingerprint density at radius 2 is 1.90 bits per heavy atom. The highest BCUT2D eigenvalue weighted by Crippen LogP contribution is 2.22. The molecule has 2 fully saturated rings. The predicted molar refractivity (Wildman–Crippen MR) is 81.2 cm³/mol. The normalized spacial score (nSPS) is 30.0. The van der Waals surface area contributed by atoms with E-state index < -0.39 is 0 Å². The smallest absolute Gasteiger partial charge is 0.292 e. The maximum absolute atomic E-state index is 12.7. The number of nitrogens with zero attached hydrogens (tertiary/aromatic N) is 1. The van der Waals surface area contributed by atoms with Crippen LogP contribution in [-0.2, 0) is 9.59 Å². The van der Waals surface area contributed by atoms with Gasteiger partial charge in [-0.2, -0.15) is 0 Å². The third kappa shape index (κ3) is 2.72. The third-order valence-electron chi connectivity index (χ3n) is 4.74. The number of anilines is 1. The minimum absolute atomic E-state index is 0.0204. The van der Waals surface area contributed by atoms with Crippen LogP contribution in [-0.4, -0.2) is 30.9 Å². The molecule has 112 valence electrons. The van der Waals surface area contributed by atoms with Crippen LogP contribution >= 0.6 is 0 Å². The fourth-order valence-electron chi connectivity index (χ4n) is 3.56. The lowest BCUT2D eigenvalue weighted by Crippen LogP contribution is -3.18. The molecule has 2 amide bonds. The van der Waals surface area contributed by atoms with E-state index in [4.69, 9.17) is 0 Å². The summed E-state index contributed by atoms with van der Waals surface area (Å²) in [4.78, 5) is 27.7. The molecule has 4 nitrogen and oxygen atoms in total. The van der Waals surface area contributed by atoms with Crippen molar-refractivity contribution in [3.8, 4) is 0 Å². The maximum Gasteiger partial charge on any atom is 0.292 e. The van der Waals surface area contributed by atoms with Crippen molar-refractivity contribution in [2.45, 2.75) is 39.2 Å². The summed E-state index contributed by atoms with van der Waals surface area (Å²) < 4.78 is 0. The second-order valence-corrected chi connectivity index (χ2v) is 6.52. The van der Waals surface area contributed by atoms with E-state index in [1.165, 1.54) is 16.2 Å². The van der Waals surface area contributed by atoms with Crippen LogP contribution in [0.25, 0.3) is 0 Å². The molecule has 4 heteroatoms. The van der Waals surface area contributed by atoms with Gasteiger partial charge in [-0.3, -0.25) is 9.59 Å². The Morgan fingerprint density at radius 3 is 2.57 bits per heavy atom. The van der Waals surface area contributed by atoms with Gasteiger partial charge in [0.25, 0.3) is 5.91 Å². The minimum atomic E-state index is -0.179. The van der Waals surface area contributed by atoms with Crippen molar-refractivity contribution >= 4 is 17.5 Å². The first-order valence-corrected chi connectivity index (χ1v) is 7.84. The number of amides is 2. The van der Waals surface area contributed by atoms with Gasteiger partial charge < -0.3 is 4.90 Å². The molecule has 2 heterocycles. The maximum atomic E-state index is 12.7. The summed E-state index contributed by atoms with van der Waals surface area (Å²) in [5.41, 5.74) is 1.84. The lowest BCUT2D eigenvalue weighted by atomic mass is 9.98. The first-order chi connectivity index (χ1) is 10.1. The summed E-state index contributed by atoms with van der Waals surface area (Å²) in [5.74, 6) is 0.567. The number of carbonyl (C=O) groups is 2. The van der Waals surface area contributed by atoms with Crippen LogP contribution < -0.4 is 9.80 Å². The molecule has 0 aromatic heterocycles. The van der Waals surface area contributed by atoms with Crippen LogP contribution in [0, 0.1) is 12.8 Å². The van der Waals surface area contributed by atoms with Gasteiger partial charge in [-0.25, -0.2) is 4.90 Å². The van der Waals surface area contributed by atoms with Gasteiger partial charge in [0.1, 0.15) is 0 Å². The summed E-state index contributed by atoms with van der Waals surface area (Å²) in [6.45, 7) is 6.25. The van der Waals surface area contributed by atoms with Gasteiger partial charge in [0.2, 0.25) is 5.91 Å². The number of piperidine rings is 1. The Labute approximate surface area is 125 Å². The van der Waals surface area contributed by atoms with Gasteiger partial charge in [-0.1, -0.05) is 24.6 Å². The fourth-order valence-corrected chi connectivity index (χ4v) is 3.56. The Kier molecular flexibility index (Phi) is 3.81. The van der Waals surface area contributed by atoms with E-state index in [0.717, 1.165) is 25.1 Å². The lowest BCUT2D eigenvalue weighted by Gasteiger charge is -2.31. The third-order valence-corrected chi connectivity index (χ3v) is 4.74. The first kappa shape index (κ1) is 14.3. The molecular formula is C17H23N2O2+. The number of rotatable bonds is 2. The molecule has 0 bridgehead atoms. The molecule has 1 aromatic rings. The highest BCUT2D eigenvalue weighted by atomic mass is 16.2. The van der Waals surface area contributed by atoms with Gasteiger partial charge in [-0.05, 0) is 31.9 Å². The summed E-state index contributed by atoms with van der Waals surface area (Å²) in [5, 5.41) is 0. The molecule has 2 aliphatic rings. The van der Waals surface area contributed by atoms with E-state index in [1.54, 1.807) is 0 Å². The molecule has 0 saturated carbocycles. The van der Waals surface area contributed by atoms with Crippen molar-refractivity contribution in [3.63, 3.8) is 0 Å². The second-order valence-electron chi connectivity index (χ2n) is 6.52. The predicted octanol–water partition coefficient (Wildman–Crippen LogP) is 0.942. The number of benzene rings is 1. The Balaban J connectivity index is 1.80. The topological polar surface area (TPSA) is 41.8 Å². The largest absolute Gasteiger partial charge is 0.324 e. The molecule has 1 aromatic carbocycles. The van der Waals surface area contributed by atoms with Crippen LogP contribution in [0.5, 0.6) is 0 Å². The van der Waals surface area contributed by atoms with Gasteiger partial charge in [0.05, 0.1) is 25.2 Å². The Morgan fingerprint density at radius 1 is 1.19 bits per heavy atom. The Hall–Kier alpha value is -1.68. The Bertz CT molecular complexity index is 552. The molecule has 3 atom stereocenters. The van der Waals surface area contributed by atoms with E-state index in [0.29, 0.717) is 18.0 Å². The average molecular weight is 287 g/mol. The monoisotopic (exact) mass is 287 g/mol. The molecule has 0 aliphatic carbocycles. The van der Waals surface area contributed by atoms with E-state index in [9.17, 15) is 9.59 Å². The standard InChI is InChI=1S/C17H22N2O2/c1-12-5-7-14(8-6-12)19-16(20)10-15(17(19)21)18-9-3-4-13(2)11-18/h5-8,13,15H,3-4,9-11H2,1-2H3/p+1/t13-,15-/m0/s1. The van der Waals surface area contributed by atoms with Crippen LogP contribution in [0.1, 0.15) is 31.7 Å². The number of hydrogen-bond acceptors (Lipinski definition) is 2. The van der Waals surface area contributed by atoms with Gasteiger partial charge in [-0.15, -0.1) is 0 Å². The quantitative estimate of drug-likeness (QED) is 0.823. The highest BCUT2D eigenvalue weighted by molar-refractivity contribution is 6.21. The summed E-state index contributed by atoms with van der Waals surface area (Å²) in [6.07, 6.45) is 2.74. The molecular weight excluding hydrogens is 264 g/mol. The number of carbonyl (C=O) groups excluding carboxylic acids is 2. The van der Waals surface area contributed by atoms with Crippen molar-refractivity contribution in [2.24, 2.45) is 5.92 Å². The lowest BCUT2D eigenvalue weighted by molar-refractivity contribution is -0.923. The molecule has 1 unspecified atom stereocenters. The number of quaternary nitrogens is 1. The zero-order chi connectivity index (χ0) is 15.0. The number of nitrogens with one attached hydrogen (secondary N) is 1. The van der Waals surface area contributed by atoms with Crippen LogP contribution in [0.4, 0.5) is 5.69 Å². The van der Waals surface area contributed by atoms with Crippen molar-refractivity contribution in [2.75, 3.05) is 18.0 Å². The van der Waals surface area contributed by atoms with Crippen molar-refractivity contribution in [1.29, 1.82) is 0 Å². The molecule has 0 spiro atoms. The number of imide groups is 1. The summed E-state index contributed by atoms with van der Waals surface area (Å²) in [7, 11) is 0. The second kappa shape index (κ2) is 5.60. The van der Waals surface area contributed by atoms with E-state index >= 15 is 0 Å². The molecule has 0 radical (unpaired) electrons. The van der Waals surface area contributed by atoms with Crippen LogP contribution in [0.2, 0.25) is 0 Å². The first-order valence-electron chi connectivity index (χ1n) is 7.84. The molecule has 21 heavy (non-hydrogen) atoms. The SMILES string of the molecule is Cc1ccc(N2C(=O)C[C@H]([NH+]3CCC[C@H](C)C3)C2=O)cc1. The number of hydrogen-bond donors (Lipinski definition) is 1. The van der Waals surface area contributed by atoms with Crippen LogP contribution in [0.15, 0.2) is 24.3 Å². The summed E-state index contributed by atoms with van der Waals surface area (Å²) >= 11 is 0.